The second-order valence-corrected chi connectivity index (χ2v) is 8.02. The summed E-state index contributed by atoms with van der Waals surface area (Å²) in [6.45, 7) is -1.50. The topological polar surface area (TPSA) is 158 Å². The molecule has 188 valence electrons. The van der Waals surface area contributed by atoms with Gasteiger partial charge in [0.25, 0.3) is 17.4 Å². The predicted molar refractivity (Wildman–Crippen MR) is 124 cm³/mol. The van der Waals surface area contributed by atoms with Gasteiger partial charge in [-0.1, -0.05) is 35.3 Å². The third-order valence-corrected chi connectivity index (χ3v) is 5.40. The van der Waals surface area contributed by atoms with Crippen molar-refractivity contribution >= 4 is 46.7 Å². The maximum atomic E-state index is 14.0. The summed E-state index contributed by atoms with van der Waals surface area (Å²) in [7, 11) is 0. The smallest absolute Gasteiger partial charge is 0.322 e. The number of para-hydroxylation sites is 1. The minimum absolute atomic E-state index is 0.0400. The first-order valence-electron chi connectivity index (χ1n) is 9.80. The van der Waals surface area contributed by atoms with Crippen LogP contribution in [0.15, 0.2) is 41.2 Å². The Hall–Kier alpha value is -4.16. The number of aromatic nitrogens is 1. The van der Waals surface area contributed by atoms with Crippen LogP contribution >= 0.6 is 23.2 Å². The lowest BCUT2D eigenvalue weighted by Gasteiger charge is -2.17. The first-order valence-corrected chi connectivity index (χ1v) is 10.6. The van der Waals surface area contributed by atoms with Gasteiger partial charge in [-0.25, -0.2) is 8.78 Å². The molecule has 0 aliphatic heterocycles. The van der Waals surface area contributed by atoms with Gasteiger partial charge < -0.3 is 26.0 Å². The highest BCUT2D eigenvalue weighted by Crippen LogP contribution is 2.31. The Labute approximate surface area is 210 Å². The fraction of sp³-hybridized carbons (Fsp3) is 0.0909. The molecule has 0 radical (unpaired) electrons. The van der Waals surface area contributed by atoms with Crippen LogP contribution in [0.4, 0.5) is 14.5 Å². The fourth-order valence-corrected chi connectivity index (χ4v) is 3.58. The molecule has 0 fully saturated rings. The van der Waals surface area contributed by atoms with E-state index in [9.17, 15) is 38.2 Å². The van der Waals surface area contributed by atoms with Crippen LogP contribution in [0.3, 0.4) is 0 Å². The van der Waals surface area contributed by atoms with Crippen LogP contribution in [0.25, 0.3) is 0 Å². The highest BCUT2D eigenvalue weighted by atomic mass is 35.5. The first kappa shape index (κ1) is 26.4. The van der Waals surface area contributed by atoms with E-state index in [1.54, 1.807) is 0 Å². The molecule has 14 heteroatoms. The number of nitrogens with one attached hydrogen (secondary N) is 2. The number of pyridine rings is 1. The van der Waals surface area contributed by atoms with Gasteiger partial charge in [0, 0.05) is 10.0 Å². The summed E-state index contributed by atoms with van der Waals surface area (Å²) in [4.78, 5) is 49.3. The lowest BCUT2D eigenvalue weighted by molar-refractivity contribution is -0.135. The minimum atomic E-state index is -1.49. The van der Waals surface area contributed by atoms with Gasteiger partial charge in [-0.2, -0.15) is 0 Å². The second-order valence-electron chi connectivity index (χ2n) is 7.18. The maximum Gasteiger partial charge on any atom is 0.322 e. The average molecular weight is 542 g/mol. The lowest BCUT2D eigenvalue weighted by Crippen LogP contribution is -2.37. The molecule has 0 unspecified atom stereocenters. The van der Waals surface area contributed by atoms with Crippen LogP contribution in [0.1, 0.15) is 26.3 Å². The predicted octanol–water partition coefficient (Wildman–Crippen LogP) is 2.96. The van der Waals surface area contributed by atoms with E-state index in [0.717, 1.165) is 18.2 Å². The number of aromatic hydroxyl groups is 2. The third-order valence-electron chi connectivity index (χ3n) is 4.81. The summed E-state index contributed by atoms with van der Waals surface area (Å²) in [5, 5.41) is 34.1. The molecule has 2 amide bonds. The number of hydrogen-bond donors (Lipinski definition) is 5. The Morgan fingerprint density at radius 2 is 1.61 bits per heavy atom. The van der Waals surface area contributed by atoms with Crippen molar-refractivity contribution in [2.75, 3.05) is 11.9 Å². The number of amides is 2. The molecule has 0 bridgehead atoms. The van der Waals surface area contributed by atoms with Crippen molar-refractivity contribution in [3.63, 3.8) is 0 Å². The number of hydrogen-bond acceptors (Lipinski definition) is 6. The highest BCUT2D eigenvalue weighted by Gasteiger charge is 2.31. The Morgan fingerprint density at radius 1 is 0.972 bits per heavy atom. The standard InChI is InChI=1S/C22H15Cl2F2N3O7/c23-10-5-4-9(11(24)6-10)8-29-21(35)15(19(33)27-7-14(30)31)18(32)16(22(29)36)20(34)28-17-12(25)2-1-3-13(17)26/h1-6,32,36H,7-8H2,(H,27,33)(H,28,34)(H,30,31). The molecule has 1 aromatic heterocycles. The normalized spacial score (nSPS) is 10.7. The monoisotopic (exact) mass is 541 g/mol. The fourth-order valence-electron chi connectivity index (χ4n) is 3.12. The zero-order valence-electron chi connectivity index (χ0n) is 17.8. The van der Waals surface area contributed by atoms with E-state index >= 15 is 0 Å². The van der Waals surface area contributed by atoms with Crippen molar-refractivity contribution in [1.29, 1.82) is 0 Å². The van der Waals surface area contributed by atoms with Gasteiger partial charge in [0.05, 0.1) is 6.54 Å². The Bertz CT molecular complexity index is 1440. The molecule has 0 spiro atoms. The van der Waals surface area contributed by atoms with E-state index in [4.69, 9.17) is 28.3 Å². The molecule has 3 rings (SSSR count). The SMILES string of the molecule is O=C(O)CNC(=O)c1c(O)c(C(=O)Nc2c(F)cccc2F)c(O)n(Cc2ccc(Cl)cc2Cl)c1=O. The van der Waals surface area contributed by atoms with Crippen LogP contribution in [-0.2, 0) is 11.3 Å². The van der Waals surface area contributed by atoms with Crippen molar-refractivity contribution in [2.45, 2.75) is 6.54 Å². The maximum absolute atomic E-state index is 14.0. The first-order chi connectivity index (χ1) is 16.9. The summed E-state index contributed by atoms with van der Waals surface area (Å²) in [5.74, 6) is -9.28. The molecule has 2 aromatic carbocycles. The molecule has 3 aromatic rings. The quantitative estimate of drug-likeness (QED) is 0.307. The van der Waals surface area contributed by atoms with Gasteiger partial charge in [-0.3, -0.25) is 23.7 Å². The van der Waals surface area contributed by atoms with Gasteiger partial charge in [0.2, 0.25) is 5.88 Å². The van der Waals surface area contributed by atoms with Gasteiger partial charge in [-0.05, 0) is 29.8 Å². The van der Waals surface area contributed by atoms with Crippen molar-refractivity contribution in [2.24, 2.45) is 0 Å². The molecule has 0 aliphatic rings. The summed E-state index contributed by atoms with van der Waals surface area (Å²) < 4.78 is 28.6. The van der Waals surface area contributed by atoms with Crippen LogP contribution in [-0.4, -0.2) is 44.2 Å². The number of aliphatic carboxylic acids is 1. The van der Waals surface area contributed by atoms with Crippen LogP contribution in [0.5, 0.6) is 11.6 Å². The molecule has 0 aliphatic carbocycles. The Balaban J connectivity index is 2.20. The average Bonchev–Trinajstić information content (AvgIpc) is 2.79. The zero-order chi connectivity index (χ0) is 26.7. The summed E-state index contributed by atoms with van der Waals surface area (Å²) >= 11 is 12.0. The van der Waals surface area contributed by atoms with Crippen LogP contribution in [0, 0.1) is 11.6 Å². The molecule has 0 saturated carbocycles. The highest BCUT2D eigenvalue weighted by molar-refractivity contribution is 6.35. The molecular weight excluding hydrogens is 527 g/mol. The van der Waals surface area contributed by atoms with Crippen molar-refractivity contribution in [1.82, 2.24) is 9.88 Å². The van der Waals surface area contributed by atoms with E-state index in [1.807, 2.05) is 10.6 Å². The summed E-state index contributed by atoms with van der Waals surface area (Å²) in [6, 6.07) is 6.77. The van der Waals surface area contributed by atoms with E-state index in [0.29, 0.717) is 4.57 Å². The molecule has 0 saturated heterocycles. The number of carbonyl (C=O) groups is 3. The van der Waals surface area contributed by atoms with Gasteiger partial charge >= 0.3 is 5.97 Å². The van der Waals surface area contributed by atoms with E-state index < -0.39 is 76.5 Å². The molecule has 36 heavy (non-hydrogen) atoms. The number of carboxylic acids is 1. The molecule has 10 nitrogen and oxygen atoms in total. The Kier molecular flexibility index (Phi) is 7.80. The number of benzene rings is 2. The van der Waals surface area contributed by atoms with Crippen molar-refractivity contribution < 1.29 is 38.5 Å². The van der Waals surface area contributed by atoms with Crippen molar-refractivity contribution in [3.05, 3.63) is 85.1 Å². The largest absolute Gasteiger partial charge is 0.506 e. The number of nitrogens with zero attached hydrogens (tertiary/aromatic N) is 1. The number of carbonyl (C=O) groups excluding carboxylic acids is 2. The molecule has 0 atom stereocenters. The summed E-state index contributed by atoms with van der Waals surface area (Å²) in [6.07, 6.45) is 0. The number of anilines is 1. The van der Waals surface area contributed by atoms with E-state index in [-0.39, 0.29) is 15.6 Å². The summed E-state index contributed by atoms with van der Waals surface area (Å²) in [5.41, 5.74) is -4.28. The van der Waals surface area contributed by atoms with E-state index in [1.165, 1.54) is 18.2 Å². The third kappa shape index (κ3) is 5.39. The lowest BCUT2D eigenvalue weighted by atomic mass is 10.1. The number of carboxylic acid groups (broad SMARTS) is 1. The molecular formula is C22H15Cl2F2N3O7. The van der Waals surface area contributed by atoms with Crippen LogP contribution in [0.2, 0.25) is 10.0 Å². The second kappa shape index (κ2) is 10.6. The minimum Gasteiger partial charge on any atom is -0.506 e. The van der Waals surface area contributed by atoms with Crippen molar-refractivity contribution in [3.8, 4) is 11.6 Å². The van der Waals surface area contributed by atoms with Gasteiger partial charge in [0.15, 0.2) is 5.75 Å². The molecule has 5 N–H and O–H groups in total. The number of halogens is 4. The molecule has 1 heterocycles. The number of rotatable bonds is 7. The van der Waals surface area contributed by atoms with E-state index in [2.05, 4.69) is 0 Å². The zero-order valence-corrected chi connectivity index (χ0v) is 19.3. The van der Waals surface area contributed by atoms with Gasteiger partial charge in [0.1, 0.15) is 35.0 Å². The van der Waals surface area contributed by atoms with Crippen LogP contribution < -0.4 is 16.2 Å². The Morgan fingerprint density at radius 3 is 2.19 bits per heavy atom. The van der Waals surface area contributed by atoms with Gasteiger partial charge in [-0.15, -0.1) is 0 Å².